The Morgan fingerprint density at radius 3 is 2.75 bits per heavy atom. The number of hydrogen-bond donors (Lipinski definition) is 1. The van der Waals surface area contributed by atoms with Gasteiger partial charge in [0, 0.05) is 0 Å². The van der Waals surface area contributed by atoms with Crippen molar-refractivity contribution in [2.24, 2.45) is 5.92 Å². The van der Waals surface area contributed by atoms with Crippen LogP contribution < -0.4 is 0 Å². The van der Waals surface area contributed by atoms with E-state index in [9.17, 15) is 4.79 Å². The van der Waals surface area contributed by atoms with E-state index in [2.05, 4.69) is 0 Å². The molecular formula is C9H16O2S. The Morgan fingerprint density at radius 2 is 2.33 bits per heavy atom. The molecule has 1 aliphatic carbocycles. The molecule has 0 bridgehead atoms. The molecule has 0 radical (unpaired) electrons. The second-order valence-electron chi connectivity index (χ2n) is 3.34. The molecule has 0 aromatic carbocycles. The zero-order valence-corrected chi connectivity index (χ0v) is 8.27. The lowest BCUT2D eigenvalue weighted by atomic mass is 10.3. The molecule has 0 aliphatic heterocycles. The van der Waals surface area contributed by atoms with Crippen LogP contribution in [0.25, 0.3) is 0 Å². The van der Waals surface area contributed by atoms with Gasteiger partial charge in [-0.3, -0.25) is 4.79 Å². The molecule has 1 atom stereocenters. The maximum absolute atomic E-state index is 10.6. The summed E-state index contributed by atoms with van der Waals surface area (Å²) in [4.78, 5) is 10.6. The van der Waals surface area contributed by atoms with Crippen molar-refractivity contribution in [3.63, 3.8) is 0 Å². The average molecular weight is 188 g/mol. The first kappa shape index (κ1) is 9.90. The number of carbonyl (C=O) groups is 1. The average Bonchev–Trinajstić information content (AvgIpc) is 2.80. The predicted molar refractivity (Wildman–Crippen MR) is 51.5 cm³/mol. The molecule has 3 heteroatoms. The van der Waals surface area contributed by atoms with Crippen molar-refractivity contribution in [3.05, 3.63) is 0 Å². The summed E-state index contributed by atoms with van der Waals surface area (Å²) in [5, 5.41) is 8.56. The zero-order chi connectivity index (χ0) is 8.97. The normalized spacial score (nSPS) is 19.1. The standard InChI is InChI=1S/C9H16O2S/c1-2-8(9(10)11)12-6-5-7-3-4-7/h7-8H,2-6H2,1H3,(H,10,11). The van der Waals surface area contributed by atoms with Crippen LogP contribution in [-0.2, 0) is 4.79 Å². The summed E-state index contributed by atoms with van der Waals surface area (Å²) >= 11 is 1.60. The lowest BCUT2D eigenvalue weighted by Crippen LogP contribution is -2.15. The van der Waals surface area contributed by atoms with Crippen molar-refractivity contribution in [1.82, 2.24) is 0 Å². The van der Waals surface area contributed by atoms with Gasteiger partial charge in [0.2, 0.25) is 0 Å². The van der Waals surface area contributed by atoms with Crippen LogP contribution in [0.3, 0.4) is 0 Å². The molecule has 0 aromatic rings. The van der Waals surface area contributed by atoms with Gasteiger partial charge in [0.25, 0.3) is 0 Å². The molecule has 1 fully saturated rings. The van der Waals surface area contributed by atoms with Crippen LogP contribution in [-0.4, -0.2) is 22.1 Å². The Hall–Kier alpha value is -0.180. The molecule has 0 heterocycles. The monoisotopic (exact) mass is 188 g/mol. The van der Waals surface area contributed by atoms with Crippen molar-refractivity contribution in [3.8, 4) is 0 Å². The molecular weight excluding hydrogens is 172 g/mol. The van der Waals surface area contributed by atoms with Crippen molar-refractivity contribution in [1.29, 1.82) is 0 Å². The molecule has 1 unspecified atom stereocenters. The van der Waals surface area contributed by atoms with E-state index < -0.39 is 5.97 Å². The molecule has 1 rings (SSSR count). The third kappa shape index (κ3) is 3.48. The molecule has 0 amide bonds. The van der Waals surface area contributed by atoms with E-state index in [4.69, 9.17) is 5.11 Å². The first-order valence-corrected chi connectivity index (χ1v) is 5.63. The quantitative estimate of drug-likeness (QED) is 0.695. The van der Waals surface area contributed by atoms with Crippen molar-refractivity contribution < 1.29 is 9.90 Å². The number of hydrogen-bond acceptors (Lipinski definition) is 2. The van der Waals surface area contributed by atoms with Gasteiger partial charge >= 0.3 is 5.97 Å². The third-order valence-electron chi connectivity index (χ3n) is 2.19. The van der Waals surface area contributed by atoms with E-state index in [0.29, 0.717) is 0 Å². The molecule has 0 saturated heterocycles. The fourth-order valence-electron chi connectivity index (χ4n) is 1.15. The minimum absolute atomic E-state index is 0.177. The molecule has 0 aromatic heterocycles. The van der Waals surface area contributed by atoms with Crippen LogP contribution in [0.1, 0.15) is 32.6 Å². The fraction of sp³-hybridized carbons (Fsp3) is 0.889. The summed E-state index contributed by atoms with van der Waals surface area (Å²) in [5.74, 6) is 1.29. The number of carboxylic acids is 1. The first-order valence-electron chi connectivity index (χ1n) is 4.58. The van der Waals surface area contributed by atoms with Crippen molar-refractivity contribution >= 4 is 17.7 Å². The Balaban J connectivity index is 2.05. The Bertz CT molecular complexity index is 155. The molecule has 1 N–H and O–H groups in total. The number of aliphatic carboxylic acids is 1. The van der Waals surface area contributed by atoms with Gasteiger partial charge in [-0.25, -0.2) is 0 Å². The molecule has 70 valence electrons. The highest BCUT2D eigenvalue weighted by Gasteiger charge is 2.22. The number of carboxylic acid groups (broad SMARTS) is 1. The Kier molecular flexibility index (Phi) is 3.92. The van der Waals surface area contributed by atoms with Crippen LogP contribution in [0, 0.1) is 5.92 Å². The lowest BCUT2D eigenvalue weighted by Gasteiger charge is -2.07. The minimum atomic E-state index is -0.654. The van der Waals surface area contributed by atoms with Gasteiger partial charge in [-0.2, -0.15) is 0 Å². The van der Waals surface area contributed by atoms with Gasteiger partial charge in [-0.1, -0.05) is 19.8 Å². The largest absolute Gasteiger partial charge is 0.480 e. The molecule has 0 spiro atoms. The minimum Gasteiger partial charge on any atom is -0.480 e. The Morgan fingerprint density at radius 1 is 1.67 bits per heavy atom. The number of rotatable bonds is 6. The molecule has 2 nitrogen and oxygen atoms in total. The van der Waals surface area contributed by atoms with E-state index in [1.807, 2.05) is 6.92 Å². The van der Waals surface area contributed by atoms with Crippen molar-refractivity contribution in [2.45, 2.75) is 37.9 Å². The summed E-state index contributed by atoms with van der Waals surface area (Å²) in [6.07, 6.45) is 4.69. The van der Waals surface area contributed by atoms with E-state index in [-0.39, 0.29) is 5.25 Å². The summed E-state index contributed by atoms with van der Waals surface area (Å²) < 4.78 is 0. The van der Waals surface area contributed by atoms with Gasteiger partial charge in [-0.05, 0) is 24.5 Å². The summed E-state index contributed by atoms with van der Waals surface area (Å²) in [7, 11) is 0. The summed E-state index contributed by atoms with van der Waals surface area (Å²) in [6.45, 7) is 1.93. The molecule has 1 aliphatic rings. The predicted octanol–water partition coefficient (Wildman–Crippen LogP) is 2.38. The van der Waals surface area contributed by atoms with E-state index in [1.165, 1.54) is 19.3 Å². The smallest absolute Gasteiger partial charge is 0.316 e. The van der Waals surface area contributed by atoms with Crippen LogP contribution in [0.2, 0.25) is 0 Å². The second-order valence-corrected chi connectivity index (χ2v) is 4.65. The van der Waals surface area contributed by atoms with Gasteiger partial charge in [0.15, 0.2) is 0 Å². The molecule has 1 saturated carbocycles. The third-order valence-corrected chi connectivity index (χ3v) is 3.60. The lowest BCUT2D eigenvalue weighted by molar-refractivity contribution is -0.136. The van der Waals surface area contributed by atoms with E-state index >= 15 is 0 Å². The highest BCUT2D eigenvalue weighted by atomic mass is 32.2. The highest BCUT2D eigenvalue weighted by Crippen LogP contribution is 2.34. The maximum atomic E-state index is 10.6. The van der Waals surface area contributed by atoms with E-state index in [1.54, 1.807) is 11.8 Å². The van der Waals surface area contributed by atoms with Gasteiger partial charge in [0.05, 0.1) is 0 Å². The van der Waals surface area contributed by atoms with Crippen LogP contribution in [0.5, 0.6) is 0 Å². The van der Waals surface area contributed by atoms with Crippen LogP contribution in [0.4, 0.5) is 0 Å². The van der Waals surface area contributed by atoms with Crippen LogP contribution >= 0.6 is 11.8 Å². The highest BCUT2D eigenvalue weighted by molar-refractivity contribution is 8.00. The SMILES string of the molecule is CCC(SCCC1CC1)C(=O)O. The van der Waals surface area contributed by atoms with Gasteiger partial charge < -0.3 is 5.11 Å². The topological polar surface area (TPSA) is 37.3 Å². The van der Waals surface area contributed by atoms with E-state index in [0.717, 1.165) is 18.1 Å². The number of thioether (sulfide) groups is 1. The van der Waals surface area contributed by atoms with Gasteiger partial charge in [-0.15, -0.1) is 11.8 Å². The van der Waals surface area contributed by atoms with Crippen molar-refractivity contribution in [2.75, 3.05) is 5.75 Å². The summed E-state index contributed by atoms with van der Waals surface area (Å²) in [6, 6.07) is 0. The summed E-state index contributed by atoms with van der Waals surface area (Å²) in [5.41, 5.74) is 0. The van der Waals surface area contributed by atoms with Crippen LogP contribution in [0.15, 0.2) is 0 Å². The Labute approximate surface area is 77.7 Å². The zero-order valence-electron chi connectivity index (χ0n) is 7.45. The molecule has 12 heavy (non-hydrogen) atoms. The fourth-order valence-corrected chi connectivity index (χ4v) is 2.28. The second kappa shape index (κ2) is 4.75. The maximum Gasteiger partial charge on any atom is 0.316 e. The van der Waals surface area contributed by atoms with Gasteiger partial charge in [0.1, 0.15) is 5.25 Å². The first-order chi connectivity index (χ1) is 5.74.